The van der Waals surface area contributed by atoms with Crippen molar-refractivity contribution >= 4 is 49.2 Å². The van der Waals surface area contributed by atoms with Crippen LogP contribution in [0.4, 0.5) is 5.69 Å². The van der Waals surface area contributed by atoms with Crippen LogP contribution < -0.4 is 4.74 Å². The molecular formula is C17H12Br2N2O4. The lowest BCUT2D eigenvalue weighted by Crippen LogP contribution is -1.94. The number of nitro benzene ring substituents is 1. The van der Waals surface area contributed by atoms with Gasteiger partial charge in [-0.25, -0.2) is 0 Å². The third-order valence-corrected chi connectivity index (χ3v) is 5.42. The van der Waals surface area contributed by atoms with Crippen LogP contribution >= 0.6 is 31.9 Å². The quantitative estimate of drug-likeness (QED) is 0.279. The monoisotopic (exact) mass is 466 g/mol. The van der Waals surface area contributed by atoms with E-state index in [1.165, 1.54) is 18.2 Å². The van der Waals surface area contributed by atoms with Crippen molar-refractivity contribution in [3.05, 3.63) is 60.5 Å². The first-order valence-electron chi connectivity index (χ1n) is 7.09. The van der Waals surface area contributed by atoms with E-state index in [4.69, 9.17) is 4.74 Å². The molecule has 0 saturated carbocycles. The number of benzene rings is 2. The molecule has 0 aromatic heterocycles. The Morgan fingerprint density at radius 2 is 2.12 bits per heavy atom. The Hall–Kier alpha value is -2.37. The summed E-state index contributed by atoms with van der Waals surface area (Å²) < 4.78 is 6.31. The Labute approximate surface area is 160 Å². The van der Waals surface area contributed by atoms with Crippen molar-refractivity contribution in [3.63, 3.8) is 0 Å². The van der Waals surface area contributed by atoms with E-state index in [9.17, 15) is 20.5 Å². The lowest BCUT2D eigenvalue weighted by Gasteiger charge is -2.11. The molecule has 6 nitrogen and oxygen atoms in total. The number of non-ortho nitro benzene ring substituents is 1. The molecule has 2 aromatic carbocycles. The maximum atomic E-state index is 10.9. The van der Waals surface area contributed by atoms with Gasteiger partial charge in [0.25, 0.3) is 5.69 Å². The number of allylic oxidation sites excluding steroid dienone is 1. The predicted octanol–water partition coefficient (Wildman–Crippen LogP) is 5.29. The summed E-state index contributed by atoms with van der Waals surface area (Å²) in [6.07, 6.45) is 1.57. The lowest BCUT2D eigenvalue weighted by atomic mass is 10.0. The van der Waals surface area contributed by atoms with Crippen LogP contribution in [-0.4, -0.2) is 16.6 Å². The molecular weight excluding hydrogens is 456 g/mol. The zero-order valence-electron chi connectivity index (χ0n) is 13.0. The summed E-state index contributed by atoms with van der Waals surface area (Å²) in [7, 11) is 0. The number of hydrogen-bond acceptors (Lipinski definition) is 5. The maximum Gasteiger partial charge on any atom is 0.270 e. The SMILES string of the molecule is CCOc1cc(/C=C(/C#N)c2cccc([N+](=O)[O-])c2)c(Br)c(Br)c1O. The van der Waals surface area contributed by atoms with Crippen LogP contribution in [0.5, 0.6) is 11.5 Å². The second kappa shape index (κ2) is 8.14. The van der Waals surface area contributed by atoms with Gasteiger partial charge in [0.1, 0.15) is 0 Å². The number of hydrogen-bond donors (Lipinski definition) is 1. The molecule has 0 fully saturated rings. The summed E-state index contributed by atoms with van der Waals surface area (Å²) in [5, 5.41) is 30.5. The summed E-state index contributed by atoms with van der Waals surface area (Å²) in [6.45, 7) is 2.15. The van der Waals surface area contributed by atoms with Crippen LogP contribution in [0.1, 0.15) is 18.1 Å². The minimum atomic E-state index is -0.515. The van der Waals surface area contributed by atoms with E-state index >= 15 is 0 Å². The Balaban J connectivity index is 2.59. The van der Waals surface area contributed by atoms with Gasteiger partial charge in [-0.15, -0.1) is 0 Å². The third-order valence-electron chi connectivity index (χ3n) is 3.26. The molecule has 25 heavy (non-hydrogen) atoms. The number of phenolic OH excluding ortho intramolecular Hbond substituents is 1. The molecule has 0 aliphatic heterocycles. The molecule has 0 unspecified atom stereocenters. The van der Waals surface area contributed by atoms with Gasteiger partial charge in [0.05, 0.1) is 27.6 Å². The smallest absolute Gasteiger partial charge is 0.270 e. The average Bonchev–Trinajstić information content (AvgIpc) is 2.61. The molecule has 8 heteroatoms. The van der Waals surface area contributed by atoms with E-state index in [0.717, 1.165) is 0 Å². The van der Waals surface area contributed by atoms with Crippen LogP contribution in [0, 0.1) is 21.4 Å². The maximum absolute atomic E-state index is 10.9. The number of nitriles is 1. The summed E-state index contributed by atoms with van der Waals surface area (Å²) in [4.78, 5) is 10.4. The van der Waals surface area contributed by atoms with Gasteiger partial charge in [0, 0.05) is 16.6 Å². The number of nitro groups is 1. The van der Waals surface area contributed by atoms with E-state index in [2.05, 4.69) is 31.9 Å². The van der Waals surface area contributed by atoms with E-state index in [1.807, 2.05) is 6.07 Å². The van der Waals surface area contributed by atoms with Gasteiger partial charge >= 0.3 is 0 Å². The minimum absolute atomic E-state index is 0.0558. The van der Waals surface area contributed by atoms with Crippen molar-refractivity contribution in [1.82, 2.24) is 0 Å². The zero-order valence-corrected chi connectivity index (χ0v) is 16.2. The Bertz CT molecular complexity index is 904. The van der Waals surface area contributed by atoms with Crippen LogP contribution in [0.25, 0.3) is 11.6 Å². The highest BCUT2D eigenvalue weighted by Crippen LogP contribution is 2.43. The van der Waals surface area contributed by atoms with E-state index in [0.29, 0.717) is 26.7 Å². The normalized spacial score (nSPS) is 11.0. The first-order chi connectivity index (χ1) is 11.9. The highest BCUT2D eigenvalue weighted by atomic mass is 79.9. The lowest BCUT2D eigenvalue weighted by molar-refractivity contribution is -0.384. The molecule has 0 aliphatic rings. The summed E-state index contributed by atoms with van der Waals surface area (Å²) in [6, 6.07) is 9.47. The molecule has 0 spiro atoms. The Kier molecular flexibility index (Phi) is 6.17. The second-order valence-electron chi connectivity index (χ2n) is 4.85. The largest absolute Gasteiger partial charge is 0.503 e. The Morgan fingerprint density at radius 1 is 1.40 bits per heavy atom. The van der Waals surface area contributed by atoms with E-state index < -0.39 is 4.92 Å². The van der Waals surface area contributed by atoms with Crippen LogP contribution in [0.2, 0.25) is 0 Å². The predicted molar refractivity (Wildman–Crippen MR) is 101 cm³/mol. The van der Waals surface area contributed by atoms with Gasteiger partial charge in [0.2, 0.25) is 0 Å². The van der Waals surface area contributed by atoms with Gasteiger partial charge < -0.3 is 9.84 Å². The van der Waals surface area contributed by atoms with Crippen molar-refractivity contribution in [1.29, 1.82) is 5.26 Å². The van der Waals surface area contributed by atoms with Gasteiger partial charge in [-0.1, -0.05) is 12.1 Å². The van der Waals surface area contributed by atoms with E-state index in [-0.39, 0.29) is 22.8 Å². The molecule has 2 aromatic rings. The molecule has 0 aliphatic carbocycles. The fourth-order valence-electron chi connectivity index (χ4n) is 2.11. The van der Waals surface area contributed by atoms with Crippen molar-refractivity contribution in [2.75, 3.05) is 6.61 Å². The summed E-state index contributed by atoms with van der Waals surface area (Å²) >= 11 is 6.63. The highest BCUT2D eigenvalue weighted by molar-refractivity contribution is 9.13. The molecule has 0 atom stereocenters. The fourth-order valence-corrected chi connectivity index (χ4v) is 2.95. The molecule has 0 heterocycles. The number of rotatable bonds is 5. The van der Waals surface area contributed by atoms with Crippen LogP contribution in [0.3, 0.4) is 0 Å². The number of aromatic hydroxyl groups is 1. The molecule has 0 bridgehead atoms. The first kappa shape index (κ1) is 19.0. The molecule has 1 N–H and O–H groups in total. The first-order valence-corrected chi connectivity index (χ1v) is 8.68. The standard InChI is InChI=1S/C17H12Br2N2O4/c1-2-25-14-8-11(15(18)16(19)17(14)22)6-12(9-20)10-4-3-5-13(7-10)21(23)24/h3-8,22H,2H2,1H3/b12-6-. The molecule has 0 amide bonds. The second-order valence-corrected chi connectivity index (χ2v) is 6.44. The summed E-state index contributed by atoms with van der Waals surface area (Å²) in [5.74, 6) is 0.208. The number of nitrogens with zero attached hydrogens (tertiary/aromatic N) is 2. The van der Waals surface area contributed by atoms with Crippen LogP contribution in [0.15, 0.2) is 39.3 Å². The topological polar surface area (TPSA) is 96.4 Å². The van der Waals surface area contributed by atoms with Gasteiger partial charge in [-0.3, -0.25) is 10.1 Å². The molecule has 128 valence electrons. The third kappa shape index (κ3) is 4.18. The number of halogens is 2. The van der Waals surface area contributed by atoms with Crippen molar-refractivity contribution < 1.29 is 14.8 Å². The molecule has 2 rings (SSSR count). The molecule has 0 radical (unpaired) electrons. The highest BCUT2D eigenvalue weighted by Gasteiger charge is 2.16. The number of phenols is 1. The average molecular weight is 468 g/mol. The zero-order chi connectivity index (χ0) is 18.6. The summed E-state index contributed by atoms with van der Waals surface area (Å²) in [5.41, 5.74) is 1.14. The van der Waals surface area contributed by atoms with E-state index in [1.54, 1.807) is 25.1 Å². The van der Waals surface area contributed by atoms with Gasteiger partial charge in [-0.2, -0.15) is 5.26 Å². The Morgan fingerprint density at radius 3 is 2.72 bits per heavy atom. The van der Waals surface area contributed by atoms with Crippen molar-refractivity contribution in [2.45, 2.75) is 6.92 Å². The van der Waals surface area contributed by atoms with Crippen LogP contribution in [-0.2, 0) is 0 Å². The fraction of sp³-hybridized carbons (Fsp3) is 0.118. The van der Waals surface area contributed by atoms with Gasteiger partial charge in [-0.05, 0) is 62.1 Å². The molecule has 0 saturated heterocycles. The minimum Gasteiger partial charge on any atom is -0.503 e. The van der Waals surface area contributed by atoms with Crippen molar-refractivity contribution in [2.24, 2.45) is 0 Å². The van der Waals surface area contributed by atoms with Gasteiger partial charge in [0.15, 0.2) is 11.5 Å². The number of ether oxygens (including phenoxy) is 1. The van der Waals surface area contributed by atoms with Crippen molar-refractivity contribution in [3.8, 4) is 17.6 Å².